The van der Waals surface area contributed by atoms with Crippen LogP contribution in [0.4, 0.5) is 0 Å². The molecule has 0 aliphatic carbocycles. The number of fused-ring (bicyclic) bond motifs is 1. The van der Waals surface area contributed by atoms with Gasteiger partial charge in [0.2, 0.25) is 0 Å². The number of halogens is 1. The number of aromatic nitrogens is 1. The Bertz CT molecular complexity index is 991. The molecular formula is C18H13ClN2OS. The van der Waals surface area contributed by atoms with Crippen molar-refractivity contribution in [2.45, 2.75) is 13.5 Å². The Balaban J connectivity index is 2.17. The zero-order valence-corrected chi connectivity index (χ0v) is 14.0. The Labute approximate surface area is 142 Å². The van der Waals surface area contributed by atoms with Gasteiger partial charge in [-0.2, -0.15) is 4.99 Å². The third-order valence-electron chi connectivity index (χ3n) is 3.40. The van der Waals surface area contributed by atoms with E-state index in [0.29, 0.717) is 21.9 Å². The molecule has 0 atom stereocenters. The van der Waals surface area contributed by atoms with Gasteiger partial charge in [0.1, 0.15) is 0 Å². The highest BCUT2D eigenvalue weighted by Gasteiger charge is 2.11. The van der Waals surface area contributed by atoms with Crippen molar-refractivity contribution in [3.05, 3.63) is 63.4 Å². The number of nitrogens with zero attached hydrogens (tertiary/aromatic N) is 2. The predicted octanol–water partition coefficient (Wildman–Crippen LogP) is 4.04. The largest absolute Gasteiger partial charge is 0.303 e. The fourth-order valence-electron chi connectivity index (χ4n) is 2.26. The molecule has 3 rings (SSSR count). The monoisotopic (exact) mass is 340 g/mol. The van der Waals surface area contributed by atoms with E-state index in [9.17, 15) is 4.79 Å². The maximum absolute atomic E-state index is 12.4. The van der Waals surface area contributed by atoms with Crippen molar-refractivity contribution >= 4 is 39.1 Å². The van der Waals surface area contributed by atoms with Crippen LogP contribution in [0.1, 0.15) is 15.9 Å². The summed E-state index contributed by atoms with van der Waals surface area (Å²) >= 11 is 7.67. The molecule has 5 heteroatoms. The van der Waals surface area contributed by atoms with Crippen LogP contribution in [-0.2, 0) is 6.54 Å². The van der Waals surface area contributed by atoms with Crippen LogP contribution in [0.25, 0.3) is 10.2 Å². The molecule has 3 aromatic rings. The number of amides is 1. The van der Waals surface area contributed by atoms with E-state index >= 15 is 0 Å². The van der Waals surface area contributed by atoms with Crippen LogP contribution in [0, 0.1) is 19.3 Å². The second-order valence-corrected chi connectivity index (χ2v) is 6.46. The summed E-state index contributed by atoms with van der Waals surface area (Å²) in [6.07, 6.45) is 5.45. The van der Waals surface area contributed by atoms with E-state index in [1.54, 1.807) is 22.8 Å². The molecule has 1 aromatic heterocycles. The fraction of sp³-hybridized carbons (Fsp3) is 0.111. The molecule has 0 radical (unpaired) electrons. The number of terminal acetylenes is 1. The van der Waals surface area contributed by atoms with E-state index < -0.39 is 0 Å². The van der Waals surface area contributed by atoms with E-state index in [4.69, 9.17) is 18.0 Å². The zero-order valence-electron chi connectivity index (χ0n) is 12.4. The molecule has 23 heavy (non-hydrogen) atoms. The lowest BCUT2D eigenvalue weighted by molar-refractivity contribution is 0.0998. The Morgan fingerprint density at radius 1 is 1.30 bits per heavy atom. The number of para-hydroxylation sites is 1. The second kappa shape index (κ2) is 6.41. The summed E-state index contributed by atoms with van der Waals surface area (Å²) in [6, 6.07) is 12.9. The van der Waals surface area contributed by atoms with Gasteiger partial charge in [0.15, 0.2) is 4.80 Å². The smallest absolute Gasteiger partial charge is 0.279 e. The van der Waals surface area contributed by atoms with Crippen molar-refractivity contribution in [1.82, 2.24) is 4.57 Å². The van der Waals surface area contributed by atoms with Gasteiger partial charge in [-0.1, -0.05) is 52.6 Å². The lowest BCUT2D eigenvalue weighted by Gasteiger charge is -2.01. The number of benzene rings is 2. The average Bonchev–Trinajstić information content (AvgIpc) is 2.87. The molecule has 0 saturated heterocycles. The van der Waals surface area contributed by atoms with Gasteiger partial charge in [-0.15, -0.1) is 6.42 Å². The number of thiazole rings is 1. The van der Waals surface area contributed by atoms with Crippen LogP contribution < -0.4 is 4.80 Å². The van der Waals surface area contributed by atoms with E-state index in [1.807, 2.05) is 31.2 Å². The van der Waals surface area contributed by atoms with Crippen LogP contribution in [0.5, 0.6) is 0 Å². The average molecular weight is 341 g/mol. The number of rotatable bonds is 2. The Morgan fingerprint density at radius 3 is 2.74 bits per heavy atom. The minimum absolute atomic E-state index is 0.293. The summed E-state index contributed by atoms with van der Waals surface area (Å²) in [5.74, 6) is 2.30. The van der Waals surface area contributed by atoms with Gasteiger partial charge in [0, 0.05) is 5.56 Å². The van der Waals surface area contributed by atoms with Crippen molar-refractivity contribution in [2.24, 2.45) is 4.99 Å². The highest BCUT2D eigenvalue weighted by Crippen LogP contribution is 2.25. The summed E-state index contributed by atoms with van der Waals surface area (Å²) in [4.78, 5) is 17.2. The van der Waals surface area contributed by atoms with Gasteiger partial charge in [0.05, 0.1) is 21.8 Å². The van der Waals surface area contributed by atoms with Gasteiger partial charge in [-0.25, -0.2) is 0 Å². The Hall–Kier alpha value is -2.35. The lowest BCUT2D eigenvalue weighted by Crippen LogP contribution is -2.16. The molecule has 2 aromatic carbocycles. The number of aryl methyl sites for hydroxylation is 1. The van der Waals surface area contributed by atoms with Crippen molar-refractivity contribution in [1.29, 1.82) is 0 Å². The molecule has 114 valence electrons. The second-order valence-electron chi connectivity index (χ2n) is 5.04. The van der Waals surface area contributed by atoms with Crippen molar-refractivity contribution < 1.29 is 4.79 Å². The van der Waals surface area contributed by atoms with Crippen molar-refractivity contribution in [2.75, 3.05) is 0 Å². The van der Waals surface area contributed by atoms with Gasteiger partial charge >= 0.3 is 0 Å². The first-order valence-corrected chi connectivity index (χ1v) is 8.16. The highest BCUT2D eigenvalue weighted by atomic mass is 35.5. The molecule has 1 heterocycles. The van der Waals surface area contributed by atoms with E-state index in [2.05, 4.69) is 10.9 Å². The van der Waals surface area contributed by atoms with Gasteiger partial charge < -0.3 is 4.57 Å². The Morgan fingerprint density at radius 2 is 2.04 bits per heavy atom. The molecule has 1 amide bonds. The maximum atomic E-state index is 12.4. The minimum Gasteiger partial charge on any atom is -0.303 e. The number of hydrogen-bond donors (Lipinski definition) is 0. The minimum atomic E-state index is -0.293. The number of carbonyl (C=O) groups excluding carboxylic acids is 1. The first-order valence-electron chi connectivity index (χ1n) is 6.97. The van der Waals surface area contributed by atoms with Gasteiger partial charge in [0.25, 0.3) is 5.91 Å². The topological polar surface area (TPSA) is 34.4 Å². The molecule has 0 fully saturated rings. The summed E-state index contributed by atoms with van der Waals surface area (Å²) in [6.45, 7) is 2.28. The third kappa shape index (κ3) is 3.07. The first kappa shape index (κ1) is 15.5. The summed E-state index contributed by atoms with van der Waals surface area (Å²) < 4.78 is 2.75. The highest BCUT2D eigenvalue weighted by molar-refractivity contribution is 7.16. The van der Waals surface area contributed by atoms with E-state index in [-0.39, 0.29) is 5.91 Å². The quantitative estimate of drug-likeness (QED) is 0.648. The van der Waals surface area contributed by atoms with E-state index in [1.165, 1.54) is 11.3 Å². The predicted molar refractivity (Wildman–Crippen MR) is 94.7 cm³/mol. The summed E-state index contributed by atoms with van der Waals surface area (Å²) in [7, 11) is 0. The molecule has 0 spiro atoms. The van der Waals surface area contributed by atoms with Gasteiger partial charge in [-0.05, 0) is 31.2 Å². The molecular weight excluding hydrogens is 328 g/mol. The summed E-state index contributed by atoms with van der Waals surface area (Å²) in [5.41, 5.74) is 2.46. The Kier molecular flexibility index (Phi) is 4.33. The molecule has 0 N–H and O–H groups in total. The van der Waals surface area contributed by atoms with Crippen LogP contribution >= 0.6 is 22.9 Å². The van der Waals surface area contributed by atoms with Crippen LogP contribution in [0.3, 0.4) is 0 Å². The molecule has 0 saturated carbocycles. The number of hydrogen-bond acceptors (Lipinski definition) is 2. The zero-order chi connectivity index (χ0) is 16.4. The molecule has 0 bridgehead atoms. The van der Waals surface area contributed by atoms with Crippen LogP contribution in [0.2, 0.25) is 5.02 Å². The lowest BCUT2D eigenvalue weighted by atomic mass is 10.1. The fourth-order valence-corrected chi connectivity index (χ4v) is 3.64. The summed E-state index contributed by atoms with van der Waals surface area (Å²) in [5, 5.41) is 0.596. The molecule has 3 nitrogen and oxygen atoms in total. The first-order chi connectivity index (χ1) is 11.1. The van der Waals surface area contributed by atoms with E-state index in [0.717, 1.165) is 15.8 Å². The van der Waals surface area contributed by atoms with Crippen LogP contribution in [-0.4, -0.2) is 10.5 Å². The van der Waals surface area contributed by atoms with Gasteiger partial charge in [-0.3, -0.25) is 4.79 Å². The normalized spacial score (nSPS) is 11.6. The van der Waals surface area contributed by atoms with Crippen molar-refractivity contribution in [3.63, 3.8) is 0 Å². The molecule has 0 unspecified atom stereocenters. The maximum Gasteiger partial charge on any atom is 0.279 e. The third-order valence-corrected chi connectivity index (χ3v) is 4.75. The number of carbonyl (C=O) groups is 1. The standard InChI is InChI=1S/C18H13ClN2OS/c1-3-11-21-16-14(19)5-4-6-15(16)23-18(21)20-17(22)13-9-7-12(2)8-10-13/h1,4-10H,11H2,2H3. The molecule has 0 aliphatic rings. The molecule has 0 aliphatic heterocycles. The van der Waals surface area contributed by atoms with Crippen molar-refractivity contribution in [3.8, 4) is 12.3 Å². The van der Waals surface area contributed by atoms with Crippen LogP contribution in [0.15, 0.2) is 47.5 Å². The SMILES string of the molecule is C#CCn1c(=NC(=O)c2ccc(C)cc2)sc2cccc(Cl)c21.